The second-order valence-electron chi connectivity index (χ2n) is 5.99. The maximum atomic E-state index is 12.0. The second-order valence-corrected chi connectivity index (χ2v) is 5.99. The van der Waals surface area contributed by atoms with Crippen LogP contribution in [-0.4, -0.2) is 33.3 Å². The van der Waals surface area contributed by atoms with Crippen LogP contribution in [0, 0.1) is 0 Å². The number of ether oxygens (including phenoxy) is 2. The van der Waals surface area contributed by atoms with Crippen LogP contribution in [0.4, 0.5) is 5.82 Å². The molecule has 7 heteroatoms. The summed E-state index contributed by atoms with van der Waals surface area (Å²) in [6, 6.07) is 12.8. The summed E-state index contributed by atoms with van der Waals surface area (Å²) in [5.41, 5.74) is 8.10. The molecule has 0 amide bonds. The van der Waals surface area contributed by atoms with E-state index in [1.165, 1.54) is 6.33 Å². The van der Waals surface area contributed by atoms with Gasteiger partial charge in [-0.25, -0.2) is 14.3 Å². The molecule has 2 N–H and O–H groups in total. The zero-order valence-electron chi connectivity index (χ0n) is 15.5. The number of nitrogens with two attached hydrogens (primary N) is 1. The summed E-state index contributed by atoms with van der Waals surface area (Å²) in [5, 5.41) is 4.25. The second kappa shape index (κ2) is 8.64. The van der Waals surface area contributed by atoms with E-state index in [1.807, 2.05) is 44.2 Å². The normalized spacial score (nSPS) is 18.7. The molecular weight excluding hydrogens is 344 g/mol. The van der Waals surface area contributed by atoms with Crippen molar-refractivity contribution < 1.29 is 14.3 Å². The molecule has 142 valence electrons. The summed E-state index contributed by atoms with van der Waals surface area (Å²) in [6.45, 7) is 4.24. The quantitative estimate of drug-likeness (QED) is 0.710. The van der Waals surface area contributed by atoms with Gasteiger partial charge < -0.3 is 15.2 Å². The number of rotatable bonds is 4. The highest BCUT2D eigenvalue weighted by Crippen LogP contribution is 2.34. The number of fused-ring (bicyclic) bond motifs is 1. The lowest BCUT2D eigenvalue weighted by molar-refractivity contribution is -0.00967. The molecule has 0 saturated carbocycles. The predicted molar refractivity (Wildman–Crippen MR) is 102 cm³/mol. The van der Waals surface area contributed by atoms with Gasteiger partial charge in [0.15, 0.2) is 5.82 Å². The maximum Gasteiger partial charge on any atom is 0.338 e. The van der Waals surface area contributed by atoms with Crippen LogP contribution >= 0.6 is 0 Å². The third kappa shape index (κ3) is 4.09. The van der Waals surface area contributed by atoms with E-state index < -0.39 is 0 Å². The van der Waals surface area contributed by atoms with Gasteiger partial charge in [-0.15, -0.1) is 0 Å². The summed E-state index contributed by atoms with van der Waals surface area (Å²) in [6.07, 6.45) is 2.86. The number of anilines is 1. The van der Waals surface area contributed by atoms with Gasteiger partial charge in [-0.2, -0.15) is 5.10 Å². The number of esters is 1. The summed E-state index contributed by atoms with van der Waals surface area (Å²) in [5.74, 6) is 0.105. The molecule has 1 aliphatic heterocycles. The topological polar surface area (TPSA) is 91.7 Å². The number of nitrogens with zero attached hydrogens (tertiary/aromatic N) is 3. The fraction of sp³-hybridized carbons (Fsp3) is 0.350. The number of carbonyl (C=O) groups is 1. The van der Waals surface area contributed by atoms with Crippen LogP contribution in [0.15, 0.2) is 48.8 Å². The minimum atomic E-state index is -0.332. The van der Waals surface area contributed by atoms with Gasteiger partial charge >= 0.3 is 5.97 Å². The Morgan fingerprint density at radius 1 is 1.22 bits per heavy atom. The molecular formula is C20H24N4O3. The van der Waals surface area contributed by atoms with E-state index in [9.17, 15) is 4.79 Å². The Kier molecular flexibility index (Phi) is 6.03. The standard InChI is InChI=1S/C18H18N4O3.C2H6/c19-17-15-8-7-14(22(15)21-11-20-17)16-9-6-13(25-16)10-24-18(23)12-4-2-1-3-5-12;1-2/h1-5,7-8,11,13,16H,6,9-10H2,(H2,19,20,21);1-2H3. The number of benzene rings is 1. The first-order valence-corrected chi connectivity index (χ1v) is 9.18. The lowest BCUT2D eigenvalue weighted by atomic mass is 10.1. The van der Waals surface area contributed by atoms with Gasteiger partial charge in [-0.3, -0.25) is 0 Å². The fourth-order valence-corrected chi connectivity index (χ4v) is 3.09. The fourth-order valence-electron chi connectivity index (χ4n) is 3.09. The molecule has 0 aliphatic carbocycles. The van der Waals surface area contributed by atoms with E-state index in [0.717, 1.165) is 24.1 Å². The Bertz CT molecular complexity index is 895. The van der Waals surface area contributed by atoms with Gasteiger partial charge in [-0.1, -0.05) is 32.0 Å². The smallest absolute Gasteiger partial charge is 0.338 e. The van der Waals surface area contributed by atoms with Crippen LogP contribution in [0.1, 0.15) is 48.8 Å². The molecule has 2 unspecified atom stereocenters. The first-order valence-electron chi connectivity index (χ1n) is 9.18. The van der Waals surface area contributed by atoms with Crippen LogP contribution in [0.2, 0.25) is 0 Å². The molecule has 4 rings (SSSR count). The van der Waals surface area contributed by atoms with Crippen molar-refractivity contribution in [2.24, 2.45) is 0 Å². The molecule has 3 heterocycles. The van der Waals surface area contributed by atoms with Gasteiger partial charge in [0.1, 0.15) is 24.6 Å². The number of hydrogen-bond donors (Lipinski definition) is 1. The monoisotopic (exact) mass is 368 g/mol. The van der Waals surface area contributed by atoms with Gasteiger partial charge in [0.25, 0.3) is 0 Å². The molecule has 1 aliphatic rings. The Labute approximate surface area is 158 Å². The van der Waals surface area contributed by atoms with Crippen molar-refractivity contribution >= 4 is 17.3 Å². The van der Waals surface area contributed by atoms with Crippen LogP contribution < -0.4 is 5.73 Å². The Hall–Kier alpha value is -2.93. The van der Waals surface area contributed by atoms with Crippen molar-refractivity contribution in [1.82, 2.24) is 14.6 Å². The van der Waals surface area contributed by atoms with E-state index in [1.54, 1.807) is 16.6 Å². The Morgan fingerprint density at radius 2 is 2.00 bits per heavy atom. The number of aromatic nitrogens is 3. The van der Waals surface area contributed by atoms with Gasteiger partial charge in [0, 0.05) is 0 Å². The molecule has 2 aromatic heterocycles. The van der Waals surface area contributed by atoms with Crippen LogP contribution in [-0.2, 0) is 9.47 Å². The lowest BCUT2D eigenvalue weighted by Gasteiger charge is -2.14. The third-order valence-electron chi connectivity index (χ3n) is 4.36. The Morgan fingerprint density at radius 3 is 2.78 bits per heavy atom. The molecule has 0 bridgehead atoms. The number of nitrogen functional groups attached to an aromatic ring is 1. The molecule has 2 atom stereocenters. The van der Waals surface area contributed by atoms with Crippen molar-refractivity contribution in [3.05, 3.63) is 60.0 Å². The van der Waals surface area contributed by atoms with E-state index in [2.05, 4.69) is 10.1 Å². The van der Waals surface area contributed by atoms with Crippen LogP contribution in [0.3, 0.4) is 0 Å². The van der Waals surface area contributed by atoms with E-state index in [4.69, 9.17) is 15.2 Å². The number of hydrogen-bond acceptors (Lipinski definition) is 6. The van der Waals surface area contributed by atoms with Crippen molar-refractivity contribution in [3.8, 4) is 0 Å². The summed E-state index contributed by atoms with van der Waals surface area (Å²) in [4.78, 5) is 16.0. The maximum absolute atomic E-state index is 12.0. The minimum Gasteiger partial charge on any atom is -0.459 e. The zero-order chi connectivity index (χ0) is 19.2. The van der Waals surface area contributed by atoms with Crippen molar-refractivity contribution in [1.29, 1.82) is 0 Å². The highest BCUT2D eigenvalue weighted by atomic mass is 16.6. The van der Waals surface area contributed by atoms with Crippen molar-refractivity contribution in [3.63, 3.8) is 0 Å². The SMILES string of the molecule is CC.Nc1ncnn2c(C3CCC(COC(=O)c4ccccc4)O3)ccc12. The van der Waals surface area contributed by atoms with Gasteiger partial charge in [-0.05, 0) is 37.1 Å². The van der Waals surface area contributed by atoms with E-state index in [0.29, 0.717) is 11.4 Å². The minimum absolute atomic E-state index is 0.0998. The molecule has 7 nitrogen and oxygen atoms in total. The lowest BCUT2D eigenvalue weighted by Crippen LogP contribution is -2.18. The molecule has 27 heavy (non-hydrogen) atoms. The highest BCUT2D eigenvalue weighted by molar-refractivity contribution is 5.89. The summed E-state index contributed by atoms with van der Waals surface area (Å²) >= 11 is 0. The zero-order valence-corrected chi connectivity index (χ0v) is 15.5. The molecule has 1 fully saturated rings. The van der Waals surface area contributed by atoms with Gasteiger partial charge in [0.05, 0.1) is 17.4 Å². The third-order valence-corrected chi connectivity index (χ3v) is 4.36. The molecule has 0 radical (unpaired) electrons. The van der Waals surface area contributed by atoms with Gasteiger partial charge in [0.2, 0.25) is 0 Å². The molecule has 1 saturated heterocycles. The highest BCUT2D eigenvalue weighted by Gasteiger charge is 2.29. The van der Waals surface area contributed by atoms with Crippen LogP contribution in [0.25, 0.3) is 5.52 Å². The molecule has 1 aromatic carbocycles. The van der Waals surface area contributed by atoms with E-state index >= 15 is 0 Å². The Balaban J connectivity index is 0.00000102. The first-order chi connectivity index (χ1) is 13.2. The average molecular weight is 368 g/mol. The summed E-state index contributed by atoms with van der Waals surface area (Å²) in [7, 11) is 0. The largest absolute Gasteiger partial charge is 0.459 e. The average Bonchev–Trinajstić information content (AvgIpc) is 3.36. The van der Waals surface area contributed by atoms with Crippen molar-refractivity contribution in [2.45, 2.75) is 38.9 Å². The van der Waals surface area contributed by atoms with Crippen molar-refractivity contribution in [2.75, 3.05) is 12.3 Å². The number of carbonyl (C=O) groups excluding carboxylic acids is 1. The first kappa shape index (κ1) is 18.8. The van der Waals surface area contributed by atoms with E-state index in [-0.39, 0.29) is 24.8 Å². The summed E-state index contributed by atoms with van der Waals surface area (Å²) < 4.78 is 13.2. The molecule has 0 spiro atoms. The predicted octanol–water partition coefficient (Wildman–Crippen LogP) is 3.41. The molecule has 3 aromatic rings. The van der Waals surface area contributed by atoms with Crippen LogP contribution in [0.5, 0.6) is 0 Å².